The van der Waals surface area contributed by atoms with E-state index >= 15 is 0 Å². The number of benzene rings is 1. The Morgan fingerprint density at radius 2 is 1.36 bits per heavy atom. The molecule has 28 heavy (non-hydrogen) atoms. The molecular weight excluding hydrogens is 412 g/mol. The zero-order chi connectivity index (χ0) is 21.7. The SMILES string of the molecule is CC1(C)CC(NC(=O)c2cc(S(=O)(=O)O)cc(S(=O)(=O)O)c2)CC(C)(C)N1[O]. The summed E-state index contributed by atoms with van der Waals surface area (Å²) in [4.78, 5) is 10.9. The summed E-state index contributed by atoms with van der Waals surface area (Å²) in [7, 11) is -9.65. The van der Waals surface area contributed by atoms with Gasteiger partial charge in [-0.15, -0.1) is 10.3 Å². The zero-order valence-electron chi connectivity index (χ0n) is 15.8. The van der Waals surface area contributed by atoms with Crippen molar-refractivity contribution >= 4 is 26.1 Å². The van der Waals surface area contributed by atoms with E-state index in [1.54, 1.807) is 27.7 Å². The second-order valence-corrected chi connectivity index (χ2v) is 11.0. The van der Waals surface area contributed by atoms with E-state index in [1.165, 1.54) is 0 Å². The van der Waals surface area contributed by atoms with E-state index < -0.39 is 53.1 Å². The fraction of sp³-hybridized carbons (Fsp3) is 0.562. The standard InChI is InChI=1S/C16H23N2O8S2/c1-15(2)8-11(9-16(3,4)18(15)20)17-14(19)10-5-12(27(21,22)23)7-13(6-10)28(24,25)26/h5-7,11H,8-9H2,1-4H3,(H,17,19)(H,21,22,23)(H,24,25,26). The van der Waals surface area contributed by atoms with E-state index in [2.05, 4.69) is 5.32 Å². The van der Waals surface area contributed by atoms with Gasteiger partial charge in [0.1, 0.15) is 0 Å². The second-order valence-electron chi connectivity index (χ2n) is 8.14. The smallest absolute Gasteiger partial charge is 0.294 e. The van der Waals surface area contributed by atoms with Gasteiger partial charge >= 0.3 is 0 Å². The Bertz CT molecular complexity index is 931. The fourth-order valence-corrected chi connectivity index (χ4v) is 4.81. The number of amides is 1. The largest absolute Gasteiger partial charge is 0.349 e. The van der Waals surface area contributed by atoms with Crippen LogP contribution in [0.1, 0.15) is 50.9 Å². The maximum Gasteiger partial charge on any atom is 0.294 e. The third-order valence-electron chi connectivity index (χ3n) is 4.66. The predicted molar refractivity (Wildman–Crippen MR) is 97.2 cm³/mol. The van der Waals surface area contributed by atoms with Crippen LogP contribution in [-0.4, -0.2) is 54.0 Å². The van der Waals surface area contributed by atoms with Gasteiger partial charge in [-0.3, -0.25) is 13.9 Å². The fourth-order valence-electron chi connectivity index (χ4n) is 3.63. The molecule has 0 aliphatic carbocycles. The number of piperidine rings is 1. The lowest BCUT2D eigenvalue weighted by atomic mass is 9.79. The van der Waals surface area contributed by atoms with Gasteiger partial charge in [-0.25, -0.2) is 0 Å². The van der Waals surface area contributed by atoms with Gasteiger partial charge < -0.3 is 5.32 Å². The van der Waals surface area contributed by atoms with Crippen LogP contribution in [0, 0.1) is 0 Å². The highest BCUT2D eigenvalue weighted by Gasteiger charge is 2.46. The van der Waals surface area contributed by atoms with Crippen molar-refractivity contribution in [3.05, 3.63) is 23.8 Å². The summed E-state index contributed by atoms with van der Waals surface area (Å²) in [6.07, 6.45) is 0.629. The molecule has 157 valence electrons. The van der Waals surface area contributed by atoms with Crippen molar-refractivity contribution in [2.75, 3.05) is 0 Å². The first-order chi connectivity index (χ1) is 12.4. The van der Waals surface area contributed by atoms with E-state index in [0.717, 1.165) is 17.2 Å². The van der Waals surface area contributed by atoms with Crippen molar-refractivity contribution in [1.82, 2.24) is 10.4 Å². The molecule has 1 aromatic carbocycles. The molecule has 1 aliphatic heterocycles. The maximum absolute atomic E-state index is 12.6. The maximum atomic E-state index is 12.6. The molecule has 1 heterocycles. The summed E-state index contributed by atoms with van der Waals surface area (Å²) in [6.45, 7) is 6.93. The normalized spacial score (nSPS) is 20.7. The summed E-state index contributed by atoms with van der Waals surface area (Å²) < 4.78 is 64.0. The van der Waals surface area contributed by atoms with Crippen molar-refractivity contribution in [3.63, 3.8) is 0 Å². The number of nitrogens with one attached hydrogen (secondary N) is 1. The van der Waals surface area contributed by atoms with Gasteiger partial charge in [0.25, 0.3) is 26.1 Å². The molecule has 1 radical (unpaired) electrons. The van der Waals surface area contributed by atoms with Crippen molar-refractivity contribution in [2.45, 2.75) is 67.4 Å². The van der Waals surface area contributed by atoms with Crippen LogP contribution in [0.15, 0.2) is 28.0 Å². The number of nitrogens with zero attached hydrogens (tertiary/aromatic N) is 1. The minimum absolute atomic E-state index is 0.314. The first kappa shape index (κ1) is 22.7. The highest BCUT2D eigenvalue weighted by Crippen LogP contribution is 2.37. The highest BCUT2D eigenvalue weighted by molar-refractivity contribution is 7.86. The molecule has 0 bridgehead atoms. The van der Waals surface area contributed by atoms with Gasteiger partial charge in [0.05, 0.1) is 9.79 Å². The molecule has 0 spiro atoms. The molecule has 0 atom stereocenters. The van der Waals surface area contributed by atoms with Gasteiger partial charge in [-0.1, -0.05) is 0 Å². The molecular formula is C16H23N2O8S2. The zero-order valence-corrected chi connectivity index (χ0v) is 17.5. The third kappa shape index (κ3) is 4.88. The molecule has 1 amide bonds. The Balaban J connectivity index is 2.39. The lowest BCUT2D eigenvalue weighted by molar-refractivity contribution is -0.289. The molecule has 1 saturated heterocycles. The Morgan fingerprint density at radius 1 is 0.964 bits per heavy atom. The average Bonchev–Trinajstić information content (AvgIpc) is 2.49. The van der Waals surface area contributed by atoms with Crippen molar-refractivity contribution in [1.29, 1.82) is 0 Å². The van der Waals surface area contributed by atoms with E-state index in [4.69, 9.17) is 0 Å². The van der Waals surface area contributed by atoms with Gasteiger partial charge in [0.15, 0.2) is 0 Å². The van der Waals surface area contributed by atoms with Gasteiger partial charge in [0, 0.05) is 22.7 Å². The molecule has 0 saturated carbocycles. The molecule has 2 rings (SSSR count). The van der Waals surface area contributed by atoms with E-state index in [1.807, 2.05) is 0 Å². The highest BCUT2D eigenvalue weighted by atomic mass is 32.2. The van der Waals surface area contributed by atoms with Crippen LogP contribution in [0.4, 0.5) is 0 Å². The monoisotopic (exact) mass is 435 g/mol. The van der Waals surface area contributed by atoms with Crippen LogP contribution in [0.25, 0.3) is 0 Å². The molecule has 1 fully saturated rings. The number of hydroxylamine groups is 2. The minimum atomic E-state index is -4.82. The van der Waals surface area contributed by atoms with Crippen LogP contribution in [0.3, 0.4) is 0 Å². The first-order valence-electron chi connectivity index (χ1n) is 8.32. The first-order valence-corrected chi connectivity index (χ1v) is 11.2. The number of hydrogen-bond acceptors (Lipinski definition) is 6. The quantitative estimate of drug-likeness (QED) is 0.596. The van der Waals surface area contributed by atoms with E-state index in [-0.39, 0.29) is 5.56 Å². The number of carbonyl (C=O) groups is 1. The van der Waals surface area contributed by atoms with Crippen LogP contribution >= 0.6 is 0 Å². The van der Waals surface area contributed by atoms with Crippen LogP contribution in [0.2, 0.25) is 0 Å². The van der Waals surface area contributed by atoms with Crippen molar-refractivity contribution in [2.24, 2.45) is 0 Å². The lowest BCUT2D eigenvalue weighted by Crippen LogP contribution is -2.62. The molecule has 1 aliphatic rings. The summed E-state index contributed by atoms with van der Waals surface area (Å²) in [5.74, 6) is -0.800. The Hall–Kier alpha value is -1.57. The lowest BCUT2D eigenvalue weighted by Gasteiger charge is -2.50. The third-order valence-corrected chi connectivity index (χ3v) is 6.33. The Morgan fingerprint density at radius 3 is 1.71 bits per heavy atom. The van der Waals surface area contributed by atoms with E-state index in [9.17, 15) is 35.9 Å². The molecule has 0 aromatic heterocycles. The van der Waals surface area contributed by atoms with Crippen LogP contribution < -0.4 is 5.32 Å². The van der Waals surface area contributed by atoms with Crippen molar-refractivity contribution in [3.8, 4) is 0 Å². The second kappa shape index (κ2) is 7.04. The van der Waals surface area contributed by atoms with Gasteiger partial charge in [-0.2, -0.15) is 16.8 Å². The van der Waals surface area contributed by atoms with Crippen molar-refractivity contribution < 1.29 is 35.9 Å². The predicted octanol–water partition coefficient (Wildman–Crippen LogP) is 1.28. The number of carbonyl (C=O) groups excluding carboxylic acids is 1. The number of rotatable bonds is 4. The summed E-state index contributed by atoms with van der Waals surface area (Å²) in [5, 5.41) is 16.0. The average molecular weight is 436 g/mol. The Kier molecular flexibility index (Phi) is 5.71. The van der Waals surface area contributed by atoms with Crippen LogP contribution in [0.5, 0.6) is 0 Å². The number of hydrogen-bond donors (Lipinski definition) is 3. The molecule has 0 unspecified atom stereocenters. The van der Waals surface area contributed by atoms with Gasteiger partial charge in [0.2, 0.25) is 0 Å². The minimum Gasteiger partial charge on any atom is -0.349 e. The summed E-state index contributed by atoms with van der Waals surface area (Å²) in [6, 6.07) is 1.71. The summed E-state index contributed by atoms with van der Waals surface area (Å²) >= 11 is 0. The molecule has 12 heteroatoms. The van der Waals surface area contributed by atoms with E-state index in [0.29, 0.717) is 18.9 Å². The molecule has 3 N–H and O–H groups in total. The topological polar surface area (TPSA) is 161 Å². The van der Waals surface area contributed by atoms with Gasteiger partial charge in [-0.05, 0) is 58.7 Å². The summed E-state index contributed by atoms with van der Waals surface area (Å²) in [5.41, 5.74) is -1.91. The Labute approximate surface area is 164 Å². The molecule has 1 aromatic rings. The molecule has 10 nitrogen and oxygen atoms in total. The van der Waals surface area contributed by atoms with Crippen LogP contribution in [-0.2, 0) is 25.4 Å².